The molecule has 1 saturated carbocycles. The van der Waals surface area contributed by atoms with E-state index in [2.05, 4.69) is 5.32 Å². The first-order valence-electron chi connectivity index (χ1n) is 7.43. The quantitative estimate of drug-likeness (QED) is 0.875. The van der Waals surface area contributed by atoms with Crippen LogP contribution in [0.5, 0.6) is 0 Å². The van der Waals surface area contributed by atoms with E-state index in [-0.39, 0.29) is 11.6 Å². The normalized spacial score (nSPS) is 14.9. The Morgan fingerprint density at radius 1 is 1.29 bits per heavy atom. The second kappa shape index (κ2) is 7.11. The van der Waals surface area contributed by atoms with E-state index in [9.17, 15) is 9.59 Å². The number of nitrogens with zero attached hydrogens (tertiary/aromatic N) is 1. The van der Waals surface area contributed by atoms with E-state index in [0.717, 1.165) is 12.3 Å². The maximum Gasteiger partial charge on any atom is 0.337 e. The number of hydrogen-bond acceptors (Lipinski definition) is 2. The molecule has 1 fully saturated rings. The number of benzene rings is 1. The van der Waals surface area contributed by atoms with Crippen LogP contribution in [-0.2, 0) is 0 Å². The van der Waals surface area contributed by atoms with Crippen LogP contribution >= 0.6 is 0 Å². The van der Waals surface area contributed by atoms with Gasteiger partial charge in [0.25, 0.3) is 0 Å². The van der Waals surface area contributed by atoms with Crippen LogP contribution in [0.25, 0.3) is 0 Å². The van der Waals surface area contributed by atoms with Crippen molar-refractivity contribution in [2.45, 2.75) is 32.1 Å². The van der Waals surface area contributed by atoms with Crippen molar-refractivity contribution in [1.82, 2.24) is 5.32 Å². The summed E-state index contributed by atoms with van der Waals surface area (Å²) in [6.45, 7) is 0.642. The largest absolute Gasteiger partial charge is 0.478 e. The van der Waals surface area contributed by atoms with E-state index in [1.54, 1.807) is 25.2 Å². The van der Waals surface area contributed by atoms with E-state index in [1.165, 1.54) is 36.6 Å². The number of carboxylic acid groups (broad SMARTS) is 1. The van der Waals surface area contributed by atoms with Gasteiger partial charge in [-0.05, 0) is 24.5 Å². The molecule has 114 valence electrons. The zero-order chi connectivity index (χ0) is 15.2. The van der Waals surface area contributed by atoms with Crippen molar-refractivity contribution in [3.63, 3.8) is 0 Å². The Balaban J connectivity index is 1.91. The summed E-state index contributed by atoms with van der Waals surface area (Å²) in [5.41, 5.74) is 0.536. The molecule has 0 aromatic heterocycles. The van der Waals surface area contributed by atoms with Crippen molar-refractivity contribution in [3.8, 4) is 0 Å². The van der Waals surface area contributed by atoms with Gasteiger partial charge in [-0.25, -0.2) is 9.59 Å². The fourth-order valence-corrected chi connectivity index (χ4v) is 2.86. The first-order valence-corrected chi connectivity index (χ1v) is 7.43. The minimum absolute atomic E-state index is 0.131. The second-order valence-corrected chi connectivity index (χ2v) is 5.55. The van der Waals surface area contributed by atoms with Gasteiger partial charge in [-0.15, -0.1) is 0 Å². The Labute approximate surface area is 125 Å². The summed E-state index contributed by atoms with van der Waals surface area (Å²) in [6, 6.07) is 6.25. The molecule has 21 heavy (non-hydrogen) atoms. The molecule has 2 N–H and O–H groups in total. The van der Waals surface area contributed by atoms with Crippen molar-refractivity contribution in [2.24, 2.45) is 5.92 Å². The number of carbonyl (C=O) groups excluding carboxylic acids is 1. The van der Waals surface area contributed by atoms with Crippen LogP contribution in [0.1, 0.15) is 42.5 Å². The van der Waals surface area contributed by atoms with Gasteiger partial charge in [0, 0.05) is 13.6 Å². The van der Waals surface area contributed by atoms with Gasteiger partial charge in [0.1, 0.15) is 0 Å². The Morgan fingerprint density at radius 2 is 1.95 bits per heavy atom. The minimum atomic E-state index is -1.03. The molecule has 1 aromatic carbocycles. The van der Waals surface area contributed by atoms with Crippen LogP contribution in [0, 0.1) is 5.92 Å². The maximum absolute atomic E-state index is 12.1. The molecule has 0 bridgehead atoms. The van der Waals surface area contributed by atoms with Gasteiger partial charge >= 0.3 is 12.0 Å². The SMILES string of the molecule is CN(C(=O)NCCC1CCCC1)c1ccccc1C(=O)O. The summed E-state index contributed by atoms with van der Waals surface area (Å²) in [5.74, 6) is -0.307. The predicted octanol–water partition coefficient (Wildman–Crippen LogP) is 3.11. The molecule has 5 nitrogen and oxygen atoms in total. The third-order valence-electron chi connectivity index (χ3n) is 4.10. The van der Waals surface area contributed by atoms with Crippen molar-refractivity contribution in [3.05, 3.63) is 29.8 Å². The molecule has 0 saturated heterocycles. The number of amides is 2. The number of aromatic carboxylic acids is 1. The van der Waals surface area contributed by atoms with E-state index >= 15 is 0 Å². The highest BCUT2D eigenvalue weighted by Crippen LogP contribution is 2.27. The molecule has 1 aromatic rings. The fourth-order valence-electron chi connectivity index (χ4n) is 2.86. The van der Waals surface area contributed by atoms with Crippen molar-refractivity contribution in [1.29, 1.82) is 0 Å². The monoisotopic (exact) mass is 290 g/mol. The molecule has 0 radical (unpaired) electrons. The number of carboxylic acids is 1. The van der Waals surface area contributed by atoms with Crippen molar-refractivity contribution >= 4 is 17.7 Å². The number of anilines is 1. The average molecular weight is 290 g/mol. The molecule has 5 heteroatoms. The smallest absolute Gasteiger partial charge is 0.337 e. The molecular formula is C16H22N2O3. The first kappa shape index (κ1) is 15.4. The van der Waals surface area contributed by atoms with E-state index in [1.807, 2.05) is 0 Å². The summed E-state index contributed by atoms with van der Waals surface area (Å²) in [7, 11) is 1.59. The van der Waals surface area contributed by atoms with E-state index in [0.29, 0.717) is 12.2 Å². The van der Waals surface area contributed by atoms with Crippen LogP contribution in [0.2, 0.25) is 0 Å². The molecule has 0 heterocycles. The van der Waals surface area contributed by atoms with Crippen LogP contribution < -0.4 is 10.2 Å². The molecule has 0 atom stereocenters. The number of hydrogen-bond donors (Lipinski definition) is 2. The van der Waals surface area contributed by atoms with Gasteiger partial charge in [0.2, 0.25) is 0 Å². The van der Waals surface area contributed by atoms with Gasteiger partial charge in [-0.2, -0.15) is 0 Å². The minimum Gasteiger partial charge on any atom is -0.478 e. The maximum atomic E-state index is 12.1. The molecule has 0 aliphatic heterocycles. The zero-order valence-electron chi connectivity index (χ0n) is 12.3. The Kier molecular flexibility index (Phi) is 5.20. The van der Waals surface area contributed by atoms with Crippen LogP contribution in [-0.4, -0.2) is 30.7 Å². The predicted molar refractivity (Wildman–Crippen MR) is 81.8 cm³/mol. The summed E-state index contributed by atoms with van der Waals surface area (Å²) in [4.78, 5) is 24.7. The molecule has 1 aliphatic carbocycles. The van der Waals surface area contributed by atoms with Crippen LogP contribution in [0.3, 0.4) is 0 Å². The van der Waals surface area contributed by atoms with E-state index < -0.39 is 5.97 Å². The summed E-state index contributed by atoms with van der Waals surface area (Å²) in [5, 5.41) is 12.0. The number of carbonyl (C=O) groups is 2. The number of urea groups is 1. The molecule has 2 amide bonds. The highest BCUT2D eigenvalue weighted by Gasteiger charge is 2.18. The Morgan fingerprint density at radius 3 is 2.62 bits per heavy atom. The Bertz CT molecular complexity index is 510. The lowest BCUT2D eigenvalue weighted by Gasteiger charge is -2.20. The van der Waals surface area contributed by atoms with Crippen molar-refractivity contribution < 1.29 is 14.7 Å². The summed E-state index contributed by atoms with van der Waals surface area (Å²) >= 11 is 0. The fraction of sp³-hybridized carbons (Fsp3) is 0.500. The van der Waals surface area contributed by atoms with Crippen LogP contribution in [0.4, 0.5) is 10.5 Å². The lowest BCUT2D eigenvalue weighted by molar-refractivity contribution is 0.0697. The standard InChI is InChI=1S/C16H22N2O3/c1-18(14-9-5-4-8-13(14)15(19)20)16(21)17-11-10-12-6-2-3-7-12/h4-5,8-9,12H,2-3,6-7,10-11H2,1H3,(H,17,21)(H,19,20). The topological polar surface area (TPSA) is 69.6 Å². The summed E-state index contributed by atoms with van der Waals surface area (Å²) < 4.78 is 0. The molecule has 0 unspecified atom stereocenters. The highest BCUT2D eigenvalue weighted by molar-refractivity contribution is 6.01. The zero-order valence-corrected chi connectivity index (χ0v) is 12.3. The van der Waals surface area contributed by atoms with Crippen molar-refractivity contribution in [2.75, 3.05) is 18.5 Å². The molecular weight excluding hydrogens is 268 g/mol. The lowest BCUT2D eigenvalue weighted by Crippen LogP contribution is -2.38. The van der Waals surface area contributed by atoms with Gasteiger partial charge in [-0.1, -0.05) is 37.8 Å². The third-order valence-corrected chi connectivity index (χ3v) is 4.10. The third kappa shape index (κ3) is 3.97. The number of para-hydroxylation sites is 1. The van der Waals surface area contributed by atoms with Gasteiger partial charge in [0.15, 0.2) is 0 Å². The first-order chi connectivity index (χ1) is 10.1. The van der Waals surface area contributed by atoms with Gasteiger partial charge < -0.3 is 10.4 Å². The van der Waals surface area contributed by atoms with E-state index in [4.69, 9.17) is 5.11 Å². The molecule has 2 rings (SSSR count). The Hall–Kier alpha value is -2.04. The van der Waals surface area contributed by atoms with Gasteiger partial charge in [0.05, 0.1) is 11.3 Å². The van der Waals surface area contributed by atoms with Crippen LogP contribution in [0.15, 0.2) is 24.3 Å². The second-order valence-electron chi connectivity index (χ2n) is 5.55. The lowest BCUT2D eigenvalue weighted by atomic mass is 10.0. The summed E-state index contributed by atoms with van der Waals surface area (Å²) in [6.07, 6.45) is 6.11. The molecule has 1 aliphatic rings. The van der Waals surface area contributed by atoms with Gasteiger partial charge in [-0.3, -0.25) is 4.90 Å². The average Bonchev–Trinajstić information content (AvgIpc) is 2.99. The highest BCUT2D eigenvalue weighted by atomic mass is 16.4. The number of nitrogens with one attached hydrogen (secondary N) is 1. The number of rotatable bonds is 5. The molecule has 0 spiro atoms.